The zero-order chi connectivity index (χ0) is 14.3. The second-order valence-corrected chi connectivity index (χ2v) is 5.43. The number of benzene rings is 1. The third-order valence-corrected chi connectivity index (χ3v) is 3.97. The third-order valence-electron chi connectivity index (χ3n) is 2.65. The monoisotopic (exact) mass is 284 g/mol. The lowest BCUT2D eigenvalue weighted by atomic mass is 10.1. The van der Waals surface area contributed by atoms with Crippen LogP contribution in [0.15, 0.2) is 18.2 Å². The first-order chi connectivity index (χ1) is 9.10. The maximum atomic E-state index is 11.0. The summed E-state index contributed by atoms with van der Waals surface area (Å²) < 4.78 is 0. The summed E-state index contributed by atoms with van der Waals surface area (Å²) in [7, 11) is 0. The normalized spacial score (nSPS) is 12.2. The van der Waals surface area contributed by atoms with E-state index >= 15 is 0 Å². The predicted octanol–water partition coefficient (Wildman–Crippen LogP) is 2.89. The Morgan fingerprint density at radius 2 is 2.26 bits per heavy atom. The summed E-state index contributed by atoms with van der Waals surface area (Å²) in [5.74, 6) is 1.78. The third kappa shape index (κ3) is 4.72. The number of nitrogens with zero attached hydrogens (tertiary/aromatic N) is 1. The van der Waals surface area contributed by atoms with Gasteiger partial charge in [0.15, 0.2) is 0 Å². The molecule has 1 aromatic rings. The minimum atomic E-state index is -0.359. The largest absolute Gasteiger partial charge is 0.396 e. The van der Waals surface area contributed by atoms with E-state index in [-0.39, 0.29) is 23.1 Å². The molecule has 1 unspecified atom stereocenters. The molecule has 0 spiro atoms. The van der Waals surface area contributed by atoms with Crippen molar-refractivity contribution >= 4 is 23.1 Å². The Labute approximate surface area is 117 Å². The summed E-state index contributed by atoms with van der Waals surface area (Å²) in [4.78, 5) is 10.6. The molecule has 0 saturated carbocycles. The van der Waals surface area contributed by atoms with E-state index in [0.29, 0.717) is 18.0 Å². The quantitative estimate of drug-likeness (QED) is 0.567. The minimum Gasteiger partial charge on any atom is -0.396 e. The van der Waals surface area contributed by atoms with Gasteiger partial charge in [0.2, 0.25) is 0 Å². The molecule has 1 aromatic carbocycles. The highest BCUT2D eigenvalue weighted by molar-refractivity contribution is 7.98. The van der Waals surface area contributed by atoms with Crippen LogP contribution in [-0.4, -0.2) is 28.9 Å². The van der Waals surface area contributed by atoms with Crippen LogP contribution in [0.4, 0.5) is 11.4 Å². The Balaban J connectivity index is 2.81. The number of aliphatic hydroxyl groups excluding tert-OH is 1. The highest BCUT2D eigenvalue weighted by atomic mass is 32.2. The molecule has 19 heavy (non-hydrogen) atoms. The Hall–Kier alpha value is -1.27. The Kier molecular flexibility index (Phi) is 6.66. The molecule has 0 aliphatic heterocycles. The van der Waals surface area contributed by atoms with E-state index in [9.17, 15) is 10.1 Å². The van der Waals surface area contributed by atoms with Crippen LogP contribution in [0, 0.1) is 16.0 Å². The average Bonchev–Trinajstić information content (AvgIpc) is 2.40. The fourth-order valence-corrected chi connectivity index (χ4v) is 2.75. The summed E-state index contributed by atoms with van der Waals surface area (Å²) in [5.41, 5.74) is 1.67. The molecule has 0 fully saturated rings. The first kappa shape index (κ1) is 15.8. The predicted molar refractivity (Wildman–Crippen MR) is 79.7 cm³/mol. The molecule has 0 bridgehead atoms. The summed E-state index contributed by atoms with van der Waals surface area (Å²) in [5, 5.41) is 23.0. The lowest BCUT2D eigenvalue weighted by Crippen LogP contribution is -2.06. The molecule has 1 rings (SSSR count). The van der Waals surface area contributed by atoms with Crippen molar-refractivity contribution in [3.05, 3.63) is 33.9 Å². The van der Waals surface area contributed by atoms with Crippen molar-refractivity contribution in [1.82, 2.24) is 0 Å². The van der Waals surface area contributed by atoms with Crippen molar-refractivity contribution < 1.29 is 10.0 Å². The number of rotatable bonds is 8. The molecule has 6 heteroatoms. The van der Waals surface area contributed by atoms with Crippen LogP contribution in [0.25, 0.3) is 0 Å². The smallest absolute Gasteiger partial charge is 0.292 e. The van der Waals surface area contributed by atoms with Gasteiger partial charge in [-0.1, -0.05) is 19.1 Å². The van der Waals surface area contributed by atoms with Gasteiger partial charge in [0.05, 0.1) is 4.92 Å². The van der Waals surface area contributed by atoms with Crippen molar-refractivity contribution in [3.63, 3.8) is 0 Å². The van der Waals surface area contributed by atoms with E-state index in [0.717, 1.165) is 11.3 Å². The Morgan fingerprint density at radius 1 is 1.53 bits per heavy atom. The van der Waals surface area contributed by atoms with Crippen LogP contribution in [0.2, 0.25) is 0 Å². The molecular weight excluding hydrogens is 264 g/mol. The molecule has 106 valence electrons. The van der Waals surface area contributed by atoms with Gasteiger partial charge in [0, 0.05) is 25.0 Å². The number of para-hydroxylation sites is 1. The highest BCUT2D eigenvalue weighted by Gasteiger charge is 2.16. The summed E-state index contributed by atoms with van der Waals surface area (Å²) >= 11 is 1.68. The fraction of sp³-hybridized carbons (Fsp3) is 0.538. The first-order valence-corrected chi connectivity index (χ1v) is 7.44. The van der Waals surface area contributed by atoms with Crippen molar-refractivity contribution in [2.75, 3.05) is 24.2 Å². The number of hydrogen-bond donors (Lipinski definition) is 2. The van der Waals surface area contributed by atoms with Crippen LogP contribution >= 0.6 is 11.8 Å². The zero-order valence-corrected chi connectivity index (χ0v) is 12.1. The Bertz CT molecular complexity index is 426. The van der Waals surface area contributed by atoms with Crippen LogP contribution in [0.3, 0.4) is 0 Å². The molecule has 0 heterocycles. The topological polar surface area (TPSA) is 75.4 Å². The van der Waals surface area contributed by atoms with E-state index in [1.807, 2.05) is 19.9 Å². The molecular formula is C13H20N2O3S. The second-order valence-electron chi connectivity index (χ2n) is 4.40. The fourth-order valence-electron chi connectivity index (χ4n) is 1.66. The van der Waals surface area contributed by atoms with E-state index < -0.39 is 0 Å². The molecule has 0 aliphatic carbocycles. The molecule has 1 atom stereocenters. The molecule has 2 N–H and O–H groups in total. The summed E-state index contributed by atoms with van der Waals surface area (Å²) in [6, 6.07) is 5.13. The van der Waals surface area contributed by atoms with Crippen molar-refractivity contribution in [3.8, 4) is 0 Å². The van der Waals surface area contributed by atoms with Gasteiger partial charge in [0.25, 0.3) is 5.69 Å². The van der Waals surface area contributed by atoms with Gasteiger partial charge in [-0.3, -0.25) is 10.1 Å². The summed E-state index contributed by atoms with van der Waals surface area (Å²) in [6.45, 7) is 4.71. The molecule has 5 nitrogen and oxygen atoms in total. The number of hydrogen-bond acceptors (Lipinski definition) is 5. The SMILES string of the molecule is CCNc1c(CSCC(C)CO)cccc1[N+](=O)[O-]. The van der Waals surface area contributed by atoms with Crippen LogP contribution in [0.5, 0.6) is 0 Å². The standard InChI is InChI=1S/C13H20N2O3S/c1-3-14-13-11(9-19-8-10(2)7-16)5-4-6-12(13)15(17)18/h4-6,10,14,16H,3,7-9H2,1-2H3. The molecule has 0 aliphatic rings. The maximum Gasteiger partial charge on any atom is 0.292 e. The molecule has 0 radical (unpaired) electrons. The van der Waals surface area contributed by atoms with Crippen molar-refractivity contribution in [2.24, 2.45) is 5.92 Å². The van der Waals surface area contributed by atoms with E-state index in [1.165, 1.54) is 6.07 Å². The zero-order valence-electron chi connectivity index (χ0n) is 11.3. The summed E-state index contributed by atoms with van der Waals surface area (Å²) in [6.07, 6.45) is 0. The minimum absolute atomic E-state index is 0.121. The maximum absolute atomic E-state index is 11.0. The van der Waals surface area contributed by atoms with E-state index in [2.05, 4.69) is 5.32 Å². The van der Waals surface area contributed by atoms with Gasteiger partial charge in [-0.15, -0.1) is 0 Å². The number of aliphatic hydroxyl groups is 1. The number of anilines is 1. The molecule has 0 saturated heterocycles. The lowest BCUT2D eigenvalue weighted by molar-refractivity contribution is -0.384. The van der Waals surface area contributed by atoms with Crippen molar-refractivity contribution in [1.29, 1.82) is 0 Å². The molecule has 0 aromatic heterocycles. The van der Waals surface area contributed by atoms with E-state index in [1.54, 1.807) is 17.8 Å². The Morgan fingerprint density at radius 3 is 2.84 bits per heavy atom. The lowest BCUT2D eigenvalue weighted by Gasteiger charge is -2.12. The number of nitrogens with one attached hydrogen (secondary N) is 1. The van der Waals surface area contributed by atoms with E-state index in [4.69, 9.17) is 5.11 Å². The first-order valence-electron chi connectivity index (χ1n) is 6.28. The van der Waals surface area contributed by atoms with Crippen LogP contribution in [-0.2, 0) is 5.75 Å². The van der Waals surface area contributed by atoms with Crippen LogP contribution < -0.4 is 5.32 Å². The second kappa shape index (κ2) is 8.01. The van der Waals surface area contributed by atoms with Gasteiger partial charge in [-0.05, 0) is 24.2 Å². The average molecular weight is 284 g/mol. The highest BCUT2D eigenvalue weighted by Crippen LogP contribution is 2.31. The van der Waals surface area contributed by atoms with Gasteiger partial charge in [-0.25, -0.2) is 0 Å². The van der Waals surface area contributed by atoms with Gasteiger partial charge in [-0.2, -0.15) is 11.8 Å². The van der Waals surface area contributed by atoms with Gasteiger partial charge in [0.1, 0.15) is 5.69 Å². The number of thioether (sulfide) groups is 1. The number of nitro groups is 1. The number of nitro benzene ring substituents is 1. The van der Waals surface area contributed by atoms with Gasteiger partial charge < -0.3 is 10.4 Å². The van der Waals surface area contributed by atoms with Crippen molar-refractivity contribution in [2.45, 2.75) is 19.6 Å². The van der Waals surface area contributed by atoms with Gasteiger partial charge >= 0.3 is 0 Å². The van der Waals surface area contributed by atoms with Crippen LogP contribution in [0.1, 0.15) is 19.4 Å². The molecule has 0 amide bonds.